The Balaban J connectivity index is 3.40. The van der Waals surface area contributed by atoms with Gasteiger partial charge in [-0.2, -0.15) is 4.98 Å². The molecule has 0 spiro atoms. The van der Waals surface area contributed by atoms with Gasteiger partial charge in [0.1, 0.15) is 0 Å². The van der Waals surface area contributed by atoms with Crippen LogP contribution in [0.2, 0.25) is 0 Å². The lowest BCUT2D eigenvalue weighted by Gasteiger charge is -1.96. The molecule has 0 aliphatic heterocycles. The molecule has 0 fully saturated rings. The number of aromatic nitrogens is 2. The lowest BCUT2D eigenvalue weighted by Crippen LogP contribution is -2.13. The van der Waals surface area contributed by atoms with Gasteiger partial charge >= 0.3 is 17.1 Å². The van der Waals surface area contributed by atoms with Crippen molar-refractivity contribution in [3.8, 4) is 5.88 Å². The van der Waals surface area contributed by atoms with Crippen molar-refractivity contribution >= 4 is 5.69 Å². The molecule has 0 aromatic carbocycles. The van der Waals surface area contributed by atoms with E-state index in [1.165, 1.54) is 7.11 Å². The van der Waals surface area contributed by atoms with E-state index in [4.69, 9.17) is 0 Å². The third kappa shape index (κ3) is 1.24. The molecule has 1 heterocycles. The number of aromatic amines is 1. The second-order valence-corrected chi connectivity index (χ2v) is 1.85. The zero-order chi connectivity index (χ0) is 9.14. The number of H-pyrrole nitrogens is 1. The summed E-state index contributed by atoms with van der Waals surface area (Å²) in [6.45, 7) is 0. The Bertz CT molecular complexity index is 358. The first-order valence-electron chi connectivity index (χ1n) is 2.93. The van der Waals surface area contributed by atoms with Crippen LogP contribution in [0.1, 0.15) is 0 Å². The summed E-state index contributed by atoms with van der Waals surface area (Å²) in [7, 11) is 1.20. The van der Waals surface area contributed by atoms with Gasteiger partial charge in [-0.3, -0.25) is 14.9 Å². The Kier molecular flexibility index (Phi) is 2.04. The van der Waals surface area contributed by atoms with E-state index in [1.54, 1.807) is 0 Å². The summed E-state index contributed by atoms with van der Waals surface area (Å²) in [5, 5.41) is 10.3. The summed E-state index contributed by atoms with van der Waals surface area (Å²) < 4.78 is 4.51. The van der Waals surface area contributed by atoms with Gasteiger partial charge in [0.15, 0.2) is 0 Å². The van der Waals surface area contributed by atoms with Gasteiger partial charge in [0.2, 0.25) is 0 Å². The van der Waals surface area contributed by atoms with Gasteiger partial charge in [-0.25, -0.2) is 0 Å². The molecule has 0 unspecified atom stereocenters. The fourth-order valence-electron chi connectivity index (χ4n) is 0.687. The lowest BCUT2D eigenvalue weighted by atomic mass is 10.5. The smallest absolute Gasteiger partial charge is 0.395 e. The van der Waals surface area contributed by atoms with Crippen molar-refractivity contribution in [2.75, 3.05) is 7.11 Å². The first-order chi connectivity index (χ1) is 5.66. The number of methoxy groups -OCH3 is 1. The summed E-state index contributed by atoms with van der Waals surface area (Å²) in [5.41, 5.74) is -1.51. The van der Waals surface area contributed by atoms with Crippen molar-refractivity contribution in [1.82, 2.24) is 9.97 Å². The van der Waals surface area contributed by atoms with E-state index in [-0.39, 0.29) is 5.88 Å². The zero-order valence-corrected chi connectivity index (χ0v) is 6.10. The van der Waals surface area contributed by atoms with Crippen molar-refractivity contribution in [3.05, 3.63) is 26.8 Å². The summed E-state index contributed by atoms with van der Waals surface area (Å²) in [6, 6.07) is 0. The van der Waals surface area contributed by atoms with Crippen LogP contribution in [0.3, 0.4) is 0 Å². The molecule has 1 aromatic rings. The van der Waals surface area contributed by atoms with Crippen molar-refractivity contribution in [2.24, 2.45) is 0 Å². The number of hydrogen-bond donors (Lipinski definition) is 1. The van der Waals surface area contributed by atoms with E-state index in [0.717, 1.165) is 6.33 Å². The standard InChI is InChI=1S/C5H5N3O4/c1-12-5-3(8(10)11)4(9)6-2-7-5/h2H,1H3,(H,6,7,9). The third-order valence-electron chi connectivity index (χ3n) is 1.17. The molecule has 7 heteroatoms. The number of nitro groups is 1. The van der Waals surface area contributed by atoms with Crippen LogP contribution in [0.25, 0.3) is 0 Å². The predicted molar refractivity (Wildman–Crippen MR) is 38.1 cm³/mol. The first kappa shape index (κ1) is 8.18. The molecule has 0 bridgehead atoms. The van der Waals surface area contributed by atoms with Crippen LogP contribution in [0, 0.1) is 10.1 Å². The average molecular weight is 171 g/mol. The van der Waals surface area contributed by atoms with Crippen molar-refractivity contribution in [3.63, 3.8) is 0 Å². The Morgan fingerprint density at radius 2 is 2.42 bits per heavy atom. The minimum atomic E-state index is -0.843. The van der Waals surface area contributed by atoms with Gasteiger partial charge in [0, 0.05) is 0 Å². The van der Waals surface area contributed by atoms with E-state index in [0.29, 0.717) is 0 Å². The fourth-order valence-corrected chi connectivity index (χ4v) is 0.687. The number of rotatable bonds is 2. The summed E-state index contributed by atoms with van der Waals surface area (Å²) in [4.78, 5) is 25.8. The summed E-state index contributed by atoms with van der Waals surface area (Å²) in [6.07, 6.45) is 1.04. The number of nitrogens with zero attached hydrogens (tertiary/aromatic N) is 2. The molecule has 0 aliphatic carbocycles. The normalized spacial score (nSPS) is 9.42. The molecule has 0 saturated heterocycles. The van der Waals surface area contributed by atoms with Gasteiger partial charge in [-0.15, -0.1) is 0 Å². The maximum Gasteiger partial charge on any atom is 0.395 e. The average Bonchev–Trinajstić information content (AvgIpc) is 2.03. The van der Waals surface area contributed by atoms with E-state index in [2.05, 4.69) is 14.7 Å². The molecule has 7 nitrogen and oxygen atoms in total. The number of ether oxygens (including phenoxy) is 1. The van der Waals surface area contributed by atoms with Gasteiger partial charge in [-0.05, 0) is 0 Å². The molecule has 12 heavy (non-hydrogen) atoms. The highest BCUT2D eigenvalue weighted by Gasteiger charge is 2.20. The molecule has 0 amide bonds. The van der Waals surface area contributed by atoms with E-state index >= 15 is 0 Å². The zero-order valence-electron chi connectivity index (χ0n) is 6.10. The highest BCUT2D eigenvalue weighted by Crippen LogP contribution is 2.15. The van der Waals surface area contributed by atoms with E-state index < -0.39 is 16.2 Å². The molecule has 0 saturated carbocycles. The molecule has 1 rings (SSSR count). The second-order valence-electron chi connectivity index (χ2n) is 1.85. The van der Waals surface area contributed by atoms with Gasteiger partial charge in [0.05, 0.1) is 18.4 Å². The summed E-state index contributed by atoms with van der Waals surface area (Å²) >= 11 is 0. The van der Waals surface area contributed by atoms with Crippen LogP contribution in [0.5, 0.6) is 5.88 Å². The molecule has 0 atom stereocenters. The maximum atomic E-state index is 10.8. The SMILES string of the molecule is COc1nc[nH]c(=O)c1[N+](=O)[O-]. The molecule has 0 radical (unpaired) electrons. The van der Waals surface area contributed by atoms with Crippen LogP contribution < -0.4 is 10.3 Å². The fraction of sp³-hybridized carbons (Fsp3) is 0.200. The van der Waals surface area contributed by atoms with Crippen molar-refractivity contribution in [1.29, 1.82) is 0 Å². The quantitative estimate of drug-likeness (QED) is 0.486. The molecule has 1 aromatic heterocycles. The van der Waals surface area contributed by atoms with Crippen LogP contribution >= 0.6 is 0 Å². The molecular weight excluding hydrogens is 166 g/mol. The monoisotopic (exact) mass is 171 g/mol. The van der Waals surface area contributed by atoms with Crippen molar-refractivity contribution in [2.45, 2.75) is 0 Å². The highest BCUT2D eigenvalue weighted by molar-refractivity contribution is 5.36. The Labute approximate surface area is 66.2 Å². The minimum absolute atomic E-state index is 0.288. The van der Waals surface area contributed by atoms with Crippen LogP contribution in [0.15, 0.2) is 11.1 Å². The van der Waals surface area contributed by atoms with Gasteiger partial charge in [0.25, 0.3) is 0 Å². The van der Waals surface area contributed by atoms with Crippen LogP contribution in [-0.2, 0) is 0 Å². The molecule has 64 valence electrons. The first-order valence-corrected chi connectivity index (χ1v) is 2.93. The molecule has 1 N–H and O–H groups in total. The third-order valence-corrected chi connectivity index (χ3v) is 1.17. The van der Waals surface area contributed by atoms with Crippen LogP contribution in [0.4, 0.5) is 5.69 Å². The predicted octanol–water partition coefficient (Wildman–Crippen LogP) is -0.313. The van der Waals surface area contributed by atoms with Gasteiger partial charge < -0.3 is 9.72 Å². The number of nitrogens with one attached hydrogen (secondary N) is 1. The maximum absolute atomic E-state index is 10.8. The Morgan fingerprint density at radius 3 is 2.83 bits per heavy atom. The minimum Gasteiger partial charge on any atom is -0.476 e. The van der Waals surface area contributed by atoms with Crippen molar-refractivity contribution < 1.29 is 9.66 Å². The highest BCUT2D eigenvalue weighted by atomic mass is 16.6. The largest absolute Gasteiger partial charge is 0.476 e. The second kappa shape index (κ2) is 2.99. The topological polar surface area (TPSA) is 98.1 Å². The van der Waals surface area contributed by atoms with E-state index in [1.807, 2.05) is 0 Å². The van der Waals surface area contributed by atoms with Crippen LogP contribution in [-0.4, -0.2) is 22.0 Å². The van der Waals surface area contributed by atoms with E-state index in [9.17, 15) is 14.9 Å². The lowest BCUT2D eigenvalue weighted by molar-refractivity contribution is -0.387. The molecule has 0 aliphatic rings. The summed E-state index contributed by atoms with van der Waals surface area (Å²) in [5.74, 6) is -0.288. The van der Waals surface area contributed by atoms with Gasteiger partial charge in [-0.1, -0.05) is 0 Å². The Hall–Kier alpha value is -1.92. The number of hydrogen-bond acceptors (Lipinski definition) is 5. The molecular formula is C5H5N3O4. The Morgan fingerprint density at radius 1 is 1.75 bits per heavy atom.